The molecule has 0 bridgehead atoms. The van der Waals surface area contributed by atoms with Crippen molar-refractivity contribution in [2.24, 2.45) is 0 Å². The lowest BCUT2D eigenvalue weighted by Crippen LogP contribution is -2.19. The van der Waals surface area contributed by atoms with E-state index in [2.05, 4.69) is 17.2 Å². The van der Waals surface area contributed by atoms with Gasteiger partial charge in [-0.2, -0.15) is 11.8 Å². The molecule has 0 amide bonds. The second-order valence-corrected chi connectivity index (χ2v) is 4.66. The molecule has 0 radical (unpaired) electrons. The van der Waals surface area contributed by atoms with Crippen molar-refractivity contribution in [3.05, 3.63) is 28.4 Å². The summed E-state index contributed by atoms with van der Waals surface area (Å²) in [5, 5.41) is 13.8. The van der Waals surface area contributed by atoms with E-state index in [0.717, 1.165) is 11.5 Å². The largest absolute Gasteiger partial charge is 0.386 e. The third-order valence-electron chi connectivity index (χ3n) is 1.93. The second kappa shape index (κ2) is 6.32. The monoisotopic (exact) mass is 241 g/mol. The predicted octanol–water partition coefficient (Wildman–Crippen LogP) is 2.54. The highest BCUT2D eigenvalue weighted by Gasteiger charge is 2.15. The molecule has 0 saturated heterocycles. The van der Waals surface area contributed by atoms with Crippen LogP contribution in [-0.2, 0) is 0 Å². The van der Waals surface area contributed by atoms with Gasteiger partial charge in [0.15, 0.2) is 0 Å². The van der Waals surface area contributed by atoms with Crippen LogP contribution < -0.4 is 5.32 Å². The quantitative estimate of drug-likeness (QED) is 0.612. The standard InChI is InChI=1S/C10H15N3O2S/c1-3-16-7-8(2)12-9-5-4-6-11-10(9)13(14)15/h4-6,8,12H,3,7H2,1-2H3. The van der Waals surface area contributed by atoms with Gasteiger partial charge in [0.2, 0.25) is 0 Å². The van der Waals surface area contributed by atoms with Crippen LogP contribution in [0.3, 0.4) is 0 Å². The maximum absolute atomic E-state index is 10.7. The summed E-state index contributed by atoms with van der Waals surface area (Å²) in [5.41, 5.74) is 0.483. The molecule has 1 unspecified atom stereocenters. The lowest BCUT2D eigenvalue weighted by atomic mass is 10.3. The van der Waals surface area contributed by atoms with E-state index in [4.69, 9.17) is 0 Å². The van der Waals surface area contributed by atoms with Gasteiger partial charge in [0.1, 0.15) is 11.9 Å². The third-order valence-corrected chi connectivity index (χ3v) is 3.08. The Bertz CT molecular complexity index is 360. The van der Waals surface area contributed by atoms with Crippen molar-refractivity contribution >= 4 is 23.3 Å². The summed E-state index contributed by atoms with van der Waals surface area (Å²) in [6.45, 7) is 4.09. The molecule has 1 aromatic rings. The van der Waals surface area contributed by atoms with E-state index in [-0.39, 0.29) is 11.9 Å². The molecule has 0 aliphatic heterocycles. The molecule has 5 nitrogen and oxygen atoms in total. The highest BCUT2D eigenvalue weighted by Crippen LogP contribution is 2.21. The highest BCUT2D eigenvalue weighted by molar-refractivity contribution is 7.99. The lowest BCUT2D eigenvalue weighted by molar-refractivity contribution is -0.388. The summed E-state index contributed by atoms with van der Waals surface area (Å²) >= 11 is 1.80. The zero-order chi connectivity index (χ0) is 12.0. The van der Waals surface area contributed by atoms with Crippen molar-refractivity contribution in [2.75, 3.05) is 16.8 Å². The van der Waals surface area contributed by atoms with Gasteiger partial charge in [0.25, 0.3) is 0 Å². The van der Waals surface area contributed by atoms with E-state index in [0.29, 0.717) is 5.69 Å². The third kappa shape index (κ3) is 3.69. The molecule has 1 N–H and O–H groups in total. The summed E-state index contributed by atoms with van der Waals surface area (Å²) in [5.74, 6) is 1.85. The number of nitro groups is 1. The van der Waals surface area contributed by atoms with Crippen LogP contribution in [0.2, 0.25) is 0 Å². The van der Waals surface area contributed by atoms with Crippen molar-refractivity contribution in [1.82, 2.24) is 4.98 Å². The fraction of sp³-hybridized carbons (Fsp3) is 0.500. The van der Waals surface area contributed by atoms with E-state index in [1.165, 1.54) is 6.20 Å². The Hall–Kier alpha value is -1.30. The topological polar surface area (TPSA) is 68.1 Å². The minimum Gasteiger partial charge on any atom is -0.375 e. The Labute approximate surface area is 98.8 Å². The van der Waals surface area contributed by atoms with Gasteiger partial charge in [-0.25, -0.2) is 0 Å². The Morgan fingerprint density at radius 1 is 1.69 bits per heavy atom. The highest BCUT2D eigenvalue weighted by atomic mass is 32.2. The van der Waals surface area contributed by atoms with Crippen LogP contribution in [-0.4, -0.2) is 27.5 Å². The van der Waals surface area contributed by atoms with Gasteiger partial charge in [0.05, 0.1) is 0 Å². The number of hydrogen-bond donors (Lipinski definition) is 1. The van der Waals surface area contributed by atoms with Gasteiger partial charge in [-0.15, -0.1) is 0 Å². The number of aromatic nitrogens is 1. The normalized spacial score (nSPS) is 12.1. The minimum atomic E-state index is -0.470. The van der Waals surface area contributed by atoms with Crippen LogP contribution in [0.1, 0.15) is 13.8 Å². The molecule has 0 aliphatic rings. The van der Waals surface area contributed by atoms with Crippen molar-refractivity contribution in [3.63, 3.8) is 0 Å². The van der Waals surface area contributed by atoms with Gasteiger partial charge in [-0.05, 0) is 34.7 Å². The first-order valence-electron chi connectivity index (χ1n) is 5.08. The Morgan fingerprint density at radius 3 is 3.06 bits per heavy atom. The molecule has 16 heavy (non-hydrogen) atoms. The molecule has 1 rings (SSSR count). The molecule has 1 atom stereocenters. The first-order chi connectivity index (χ1) is 7.65. The van der Waals surface area contributed by atoms with Gasteiger partial charge in [-0.1, -0.05) is 6.92 Å². The van der Waals surface area contributed by atoms with Crippen LogP contribution in [0.15, 0.2) is 18.3 Å². The molecule has 6 heteroatoms. The maximum atomic E-state index is 10.7. The van der Waals surface area contributed by atoms with E-state index in [1.54, 1.807) is 23.9 Å². The lowest BCUT2D eigenvalue weighted by Gasteiger charge is -2.13. The molecule has 0 spiro atoms. The van der Waals surface area contributed by atoms with Crippen LogP contribution in [0.5, 0.6) is 0 Å². The number of anilines is 1. The molecule has 0 fully saturated rings. The number of nitrogens with one attached hydrogen (secondary N) is 1. The number of nitrogens with zero attached hydrogens (tertiary/aromatic N) is 2. The average Bonchev–Trinajstić information content (AvgIpc) is 2.27. The van der Waals surface area contributed by atoms with Gasteiger partial charge < -0.3 is 15.4 Å². The first kappa shape index (κ1) is 12.8. The SMILES string of the molecule is CCSCC(C)Nc1cccnc1[N+](=O)[O-]. The zero-order valence-electron chi connectivity index (χ0n) is 9.34. The summed E-state index contributed by atoms with van der Waals surface area (Å²) in [6, 6.07) is 3.56. The fourth-order valence-corrected chi connectivity index (χ4v) is 1.93. The molecule has 88 valence electrons. The molecule has 0 aromatic carbocycles. The molecule has 0 aliphatic carbocycles. The van der Waals surface area contributed by atoms with E-state index >= 15 is 0 Å². The summed E-state index contributed by atoms with van der Waals surface area (Å²) in [7, 11) is 0. The van der Waals surface area contributed by atoms with Crippen LogP contribution >= 0.6 is 11.8 Å². The van der Waals surface area contributed by atoms with Crippen LogP contribution in [0.25, 0.3) is 0 Å². The Morgan fingerprint density at radius 2 is 2.44 bits per heavy atom. The van der Waals surface area contributed by atoms with Gasteiger partial charge >= 0.3 is 5.82 Å². The molecular formula is C10H15N3O2S. The summed E-state index contributed by atoms with van der Waals surface area (Å²) in [6.07, 6.45) is 1.43. The van der Waals surface area contributed by atoms with E-state index < -0.39 is 4.92 Å². The van der Waals surface area contributed by atoms with Crippen LogP contribution in [0, 0.1) is 10.1 Å². The van der Waals surface area contributed by atoms with Crippen molar-refractivity contribution in [1.29, 1.82) is 0 Å². The number of thioether (sulfide) groups is 1. The predicted molar refractivity (Wildman–Crippen MR) is 67.0 cm³/mol. The maximum Gasteiger partial charge on any atom is 0.386 e. The number of pyridine rings is 1. The molecule has 1 heterocycles. The summed E-state index contributed by atoms with van der Waals surface area (Å²) < 4.78 is 0. The minimum absolute atomic E-state index is 0.115. The van der Waals surface area contributed by atoms with Crippen molar-refractivity contribution in [2.45, 2.75) is 19.9 Å². The number of hydrogen-bond acceptors (Lipinski definition) is 5. The van der Waals surface area contributed by atoms with Crippen LogP contribution in [0.4, 0.5) is 11.5 Å². The second-order valence-electron chi connectivity index (χ2n) is 3.34. The number of rotatable bonds is 6. The van der Waals surface area contributed by atoms with Crippen molar-refractivity contribution in [3.8, 4) is 0 Å². The molecule has 0 saturated carbocycles. The molecule has 1 aromatic heterocycles. The smallest absolute Gasteiger partial charge is 0.375 e. The van der Waals surface area contributed by atoms with Gasteiger partial charge in [-0.3, -0.25) is 0 Å². The first-order valence-corrected chi connectivity index (χ1v) is 6.24. The van der Waals surface area contributed by atoms with Crippen molar-refractivity contribution < 1.29 is 4.92 Å². The van der Waals surface area contributed by atoms with Gasteiger partial charge in [0, 0.05) is 11.8 Å². The average molecular weight is 241 g/mol. The fourth-order valence-electron chi connectivity index (χ4n) is 1.26. The Balaban J connectivity index is 2.69. The van der Waals surface area contributed by atoms with E-state index in [1.807, 2.05) is 6.92 Å². The summed E-state index contributed by atoms with van der Waals surface area (Å²) in [4.78, 5) is 14.0. The van der Waals surface area contributed by atoms with E-state index in [9.17, 15) is 10.1 Å². The molecular weight excluding hydrogens is 226 g/mol. The zero-order valence-corrected chi connectivity index (χ0v) is 10.2. The Kier molecular flexibility index (Phi) is 5.04.